The number of benzene rings is 2. The van der Waals surface area contributed by atoms with Gasteiger partial charge in [-0.05, 0) is 54.7 Å². The van der Waals surface area contributed by atoms with Crippen LogP contribution in [0.1, 0.15) is 34.8 Å². The number of hydrogen-bond donors (Lipinski definition) is 3. The molecular formula is C20H24FNO4. The van der Waals surface area contributed by atoms with Crippen LogP contribution in [0.25, 0.3) is 0 Å². The van der Waals surface area contributed by atoms with Crippen LogP contribution < -0.4 is 5.32 Å². The molecule has 5 nitrogen and oxygen atoms in total. The molecule has 2 unspecified atom stereocenters. The fourth-order valence-electron chi connectivity index (χ4n) is 2.83. The number of amides is 1. The lowest BCUT2D eigenvalue weighted by molar-refractivity contribution is 0.0128. The first kappa shape index (κ1) is 19.9. The van der Waals surface area contributed by atoms with Gasteiger partial charge >= 0.3 is 6.09 Å². The molecule has 2 aromatic rings. The molecule has 0 aliphatic carbocycles. The molecule has 0 aromatic heterocycles. The first-order chi connectivity index (χ1) is 12.4. The monoisotopic (exact) mass is 361 g/mol. The molecule has 0 bridgehead atoms. The van der Waals surface area contributed by atoms with E-state index in [9.17, 15) is 19.4 Å². The van der Waals surface area contributed by atoms with Gasteiger partial charge < -0.3 is 20.3 Å². The molecule has 26 heavy (non-hydrogen) atoms. The van der Waals surface area contributed by atoms with E-state index in [0.29, 0.717) is 16.7 Å². The Hall–Kier alpha value is -2.44. The number of alkyl carbamates (subject to hydrolysis) is 1. The summed E-state index contributed by atoms with van der Waals surface area (Å²) in [5.74, 6) is -0.381. The predicted octanol–water partition coefficient (Wildman–Crippen LogP) is 3.15. The van der Waals surface area contributed by atoms with Gasteiger partial charge in [-0.3, -0.25) is 0 Å². The van der Waals surface area contributed by atoms with E-state index >= 15 is 0 Å². The number of aliphatic hydroxyl groups excluding tert-OH is 2. The van der Waals surface area contributed by atoms with E-state index in [0.717, 1.165) is 5.56 Å². The first-order valence-electron chi connectivity index (χ1n) is 8.46. The van der Waals surface area contributed by atoms with Gasteiger partial charge in [0.05, 0.1) is 6.10 Å². The van der Waals surface area contributed by atoms with E-state index in [1.807, 2.05) is 30.3 Å². The van der Waals surface area contributed by atoms with E-state index in [1.54, 1.807) is 13.8 Å². The number of nitrogens with one attached hydrogen (secondary N) is 1. The summed E-state index contributed by atoms with van der Waals surface area (Å²) in [6, 6.07) is 11.9. The van der Waals surface area contributed by atoms with Crippen molar-refractivity contribution in [3.63, 3.8) is 0 Å². The molecule has 0 aliphatic rings. The maximum atomic E-state index is 13.4. The Labute approximate surface area is 152 Å². The summed E-state index contributed by atoms with van der Waals surface area (Å²) in [5.41, 5.74) is 2.53. The Bertz CT molecular complexity index is 713. The molecule has 0 radical (unpaired) electrons. The highest BCUT2D eigenvalue weighted by atomic mass is 19.1. The quantitative estimate of drug-likeness (QED) is 0.708. The minimum absolute atomic E-state index is 0.137. The van der Waals surface area contributed by atoms with Crippen molar-refractivity contribution in [2.75, 3.05) is 6.54 Å². The van der Waals surface area contributed by atoms with Gasteiger partial charge in [-0.2, -0.15) is 0 Å². The minimum atomic E-state index is -1.15. The molecule has 2 aromatic carbocycles. The molecule has 1 amide bonds. The predicted molar refractivity (Wildman–Crippen MR) is 96.1 cm³/mol. The lowest BCUT2D eigenvalue weighted by Gasteiger charge is -2.22. The Morgan fingerprint density at radius 1 is 1.15 bits per heavy atom. The molecule has 140 valence electrons. The minimum Gasteiger partial charge on any atom is -0.445 e. The summed E-state index contributed by atoms with van der Waals surface area (Å²) in [4.78, 5) is 11.7. The molecule has 0 spiro atoms. The van der Waals surface area contributed by atoms with Crippen LogP contribution in [0.4, 0.5) is 9.18 Å². The lowest BCUT2D eigenvalue weighted by Crippen LogP contribution is -2.30. The summed E-state index contributed by atoms with van der Waals surface area (Å²) in [5, 5.41) is 23.1. The number of hydrogen-bond acceptors (Lipinski definition) is 4. The van der Waals surface area contributed by atoms with Crippen molar-refractivity contribution >= 4 is 6.09 Å². The number of rotatable bonds is 7. The first-order valence-corrected chi connectivity index (χ1v) is 8.46. The summed E-state index contributed by atoms with van der Waals surface area (Å²) < 4.78 is 18.4. The van der Waals surface area contributed by atoms with Crippen LogP contribution in [0.2, 0.25) is 0 Å². The second kappa shape index (κ2) is 9.31. The zero-order valence-corrected chi connectivity index (χ0v) is 14.9. The van der Waals surface area contributed by atoms with Gasteiger partial charge in [0.1, 0.15) is 18.5 Å². The maximum Gasteiger partial charge on any atom is 0.407 e. The van der Waals surface area contributed by atoms with Crippen LogP contribution in [-0.4, -0.2) is 29.0 Å². The molecule has 6 heteroatoms. The fraction of sp³-hybridized carbons (Fsp3) is 0.350. The smallest absolute Gasteiger partial charge is 0.407 e. The van der Waals surface area contributed by atoms with Crippen molar-refractivity contribution in [3.05, 3.63) is 70.5 Å². The largest absolute Gasteiger partial charge is 0.445 e. The number of aryl methyl sites for hydroxylation is 2. The van der Waals surface area contributed by atoms with Crippen molar-refractivity contribution in [3.8, 4) is 0 Å². The van der Waals surface area contributed by atoms with Crippen LogP contribution in [-0.2, 0) is 11.3 Å². The summed E-state index contributed by atoms with van der Waals surface area (Å²) in [6.45, 7) is 3.66. The van der Waals surface area contributed by atoms with Gasteiger partial charge in [0.25, 0.3) is 0 Å². The van der Waals surface area contributed by atoms with Crippen LogP contribution in [0, 0.1) is 19.7 Å². The van der Waals surface area contributed by atoms with E-state index in [1.165, 1.54) is 12.1 Å². The molecule has 0 aliphatic heterocycles. The highest BCUT2D eigenvalue weighted by Gasteiger charge is 2.22. The third-order valence-electron chi connectivity index (χ3n) is 4.14. The number of aliphatic hydroxyl groups is 2. The molecule has 0 saturated carbocycles. The lowest BCUT2D eigenvalue weighted by atomic mass is 9.93. The summed E-state index contributed by atoms with van der Waals surface area (Å²) >= 11 is 0. The van der Waals surface area contributed by atoms with Crippen LogP contribution in [0.3, 0.4) is 0 Å². The molecular weight excluding hydrogens is 337 g/mol. The van der Waals surface area contributed by atoms with Crippen molar-refractivity contribution < 1.29 is 24.1 Å². The van der Waals surface area contributed by atoms with Gasteiger partial charge in [-0.15, -0.1) is 0 Å². The Balaban J connectivity index is 1.79. The highest BCUT2D eigenvalue weighted by molar-refractivity contribution is 5.67. The molecule has 2 atom stereocenters. The van der Waals surface area contributed by atoms with Gasteiger partial charge in [0, 0.05) is 6.54 Å². The average molecular weight is 361 g/mol. The maximum absolute atomic E-state index is 13.4. The highest BCUT2D eigenvalue weighted by Crippen LogP contribution is 2.26. The van der Waals surface area contributed by atoms with Crippen molar-refractivity contribution in [2.24, 2.45) is 0 Å². The van der Waals surface area contributed by atoms with E-state index in [4.69, 9.17) is 4.74 Å². The van der Waals surface area contributed by atoms with E-state index in [-0.39, 0.29) is 25.4 Å². The van der Waals surface area contributed by atoms with Gasteiger partial charge in [0.2, 0.25) is 0 Å². The number of carbonyl (C=O) groups is 1. The zero-order valence-electron chi connectivity index (χ0n) is 14.9. The van der Waals surface area contributed by atoms with Gasteiger partial charge in [-0.25, -0.2) is 9.18 Å². The van der Waals surface area contributed by atoms with Crippen molar-refractivity contribution in [2.45, 2.75) is 39.1 Å². The van der Waals surface area contributed by atoms with Gasteiger partial charge in [-0.1, -0.05) is 30.3 Å². The average Bonchev–Trinajstić information content (AvgIpc) is 2.59. The fourth-order valence-corrected chi connectivity index (χ4v) is 2.83. The number of halogens is 1. The second-order valence-corrected chi connectivity index (χ2v) is 6.24. The Morgan fingerprint density at radius 2 is 1.77 bits per heavy atom. The number of carbonyl (C=O) groups excluding carboxylic acids is 1. The second-order valence-electron chi connectivity index (χ2n) is 6.24. The van der Waals surface area contributed by atoms with Gasteiger partial charge in [0.15, 0.2) is 0 Å². The van der Waals surface area contributed by atoms with Crippen molar-refractivity contribution in [1.29, 1.82) is 0 Å². The molecule has 0 heterocycles. The van der Waals surface area contributed by atoms with E-state index in [2.05, 4.69) is 5.32 Å². The van der Waals surface area contributed by atoms with Crippen LogP contribution in [0.15, 0.2) is 42.5 Å². The Morgan fingerprint density at radius 3 is 2.38 bits per heavy atom. The Kier molecular flexibility index (Phi) is 7.12. The van der Waals surface area contributed by atoms with E-state index < -0.39 is 18.3 Å². The molecule has 3 N–H and O–H groups in total. The SMILES string of the molecule is Cc1cc(F)cc(C)c1C(O)C(O)CCNC(=O)OCc1ccccc1. The zero-order chi connectivity index (χ0) is 19.1. The number of ether oxygens (including phenoxy) is 1. The van der Waals surface area contributed by atoms with Crippen LogP contribution >= 0.6 is 0 Å². The summed E-state index contributed by atoms with van der Waals surface area (Å²) in [7, 11) is 0. The summed E-state index contributed by atoms with van der Waals surface area (Å²) in [6.07, 6.45) is -2.70. The van der Waals surface area contributed by atoms with Crippen molar-refractivity contribution in [1.82, 2.24) is 5.32 Å². The normalized spacial score (nSPS) is 13.1. The molecule has 0 saturated heterocycles. The topological polar surface area (TPSA) is 78.8 Å². The standard InChI is InChI=1S/C20H24FNO4/c1-13-10-16(21)11-14(2)18(13)19(24)17(23)8-9-22-20(25)26-12-15-6-4-3-5-7-15/h3-7,10-11,17,19,23-24H,8-9,12H2,1-2H3,(H,22,25). The third-order valence-corrected chi connectivity index (χ3v) is 4.14. The third kappa shape index (κ3) is 5.54. The molecule has 0 fully saturated rings. The molecule has 2 rings (SSSR count). The van der Waals surface area contributed by atoms with Crippen LogP contribution in [0.5, 0.6) is 0 Å².